The van der Waals surface area contributed by atoms with E-state index in [0.717, 1.165) is 18.6 Å². The van der Waals surface area contributed by atoms with Gasteiger partial charge in [-0.15, -0.1) is 0 Å². The highest BCUT2D eigenvalue weighted by molar-refractivity contribution is 6.74. The van der Waals surface area contributed by atoms with Crippen molar-refractivity contribution in [2.24, 2.45) is 17.8 Å². The third kappa shape index (κ3) is 7.46. The minimum Gasteiger partial charge on any atom is -0.491 e. The summed E-state index contributed by atoms with van der Waals surface area (Å²) in [6.07, 6.45) is 0.550. The molecule has 0 amide bonds. The van der Waals surface area contributed by atoms with Gasteiger partial charge in [0.1, 0.15) is 18.1 Å². The Morgan fingerprint density at radius 3 is 2.18 bits per heavy atom. The van der Waals surface area contributed by atoms with Crippen LogP contribution in [-0.2, 0) is 19.8 Å². The second-order valence-corrected chi connectivity index (χ2v) is 23.8. The molecular weight excluding hydrogens is 537 g/mol. The van der Waals surface area contributed by atoms with Crippen LogP contribution in [0, 0.1) is 17.8 Å². The number of ether oxygens (including phenoxy) is 1. The fourth-order valence-corrected chi connectivity index (χ4v) is 7.61. The van der Waals surface area contributed by atoms with Gasteiger partial charge in [-0.25, -0.2) is 0 Å². The van der Waals surface area contributed by atoms with Crippen LogP contribution in [0.4, 0.5) is 13.2 Å². The number of fused-ring (bicyclic) bond motifs is 2. The molecule has 9 heteroatoms. The molecule has 0 heterocycles. The van der Waals surface area contributed by atoms with Crippen molar-refractivity contribution in [3.05, 3.63) is 42.0 Å². The van der Waals surface area contributed by atoms with E-state index in [4.69, 9.17) is 13.6 Å². The van der Waals surface area contributed by atoms with E-state index in [2.05, 4.69) is 73.8 Å². The number of benzene rings is 1. The SMILES string of the molecule is CC(C)(C)[Si](C)(C)O[C@H](C=C[C@@H]1[C@H]2CC(=O)[C@@H]1C[C@@H]2O[Si](C)(C)C(C)(C)C)COc1cccc(C(F)(F)F)c1. The second kappa shape index (κ2) is 11.1. The molecule has 220 valence electrons. The number of alkyl halides is 3. The Hall–Kier alpha value is -1.43. The summed E-state index contributed by atoms with van der Waals surface area (Å²) in [4.78, 5) is 12.8. The number of halogens is 3. The van der Waals surface area contributed by atoms with Crippen LogP contribution in [0.5, 0.6) is 5.75 Å². The lowest BCUT2D eigenvalue weighted by Crippen LogP contribution is -2.45. The number of carbonyl (C=O) groups is 1. The van der Waals surface area contributed by atoms with E-state index < -0.39 is 34.5 Å². The molecule has 2 aliphatic carbocycles. The van der Waals surface area contributed by atoms with E-state index in [1.54, 1.807) is 0 Å². The van der Waals surface area contributed by atoms with Crippen molar-refractivity contribution in [1.29, 1.82) is 0 Å². The number of Topliss-reactive ketones (excluding diaryl/α,β-unsaturated/α-hetero) is 1. The number of ketones is 1. The van der Waals surface area contributed by atoms with E-state index in [-0.39, 0.29) is 46.3 Å². The summed E-state index contributed by atoms with van der Waals surface area (Å²) >= 11 is 0. The summed E-state index contributed by atoms with van der Waals surface area (Å²) in [5.74, 6) is 0.615. The molecule has 3 rings (SSSR count). The van der Waals surface area contributed by atoms with Gasteiger partial charge in [-0.2, -0.15) is 13.2 Å². The molecule has 0 aliphatic heterocycles. The van der Waals surface area contributed by atoms with Crippen molar-refractivity contribution in [2.75, 3.05) is 6.61 Å². The average Bonchev–Trinajstić information content (AvgIpc) is 3.25. The van der Waals surface area contributed by atoms with E-state index in [1.807, 2.05) is 6.08 Å². The Labute approximate surface area is 234 Å². The smallest absolute Gasteiger partial charge is 0.416 e. The van der Waals surface area contributed by atoms with Crippen molar-refractivity contribution in [3.8, 4) is 5.75 Å². The van der Waals surface area contributed by atoms with Gasteiger partial charge in [0.15, 0.2) is 16.6 Å². The first kappa shape index (κ1) is 32.1. The molecule has 2 saturated carbocycles. The quantitative estimate of drug-likeness (QED) is 0.215. The molecule has 2 bridgehead atoms. The fourth-order valence-electron chi connectivity index (χ4n) is 4.97. The Balaban J connectivity index is 1.80. The number of carbonyl (C=O) groups excluding carboxylic acids is 1. The minimum atomic E-state index is -4.44. The Morgan fingerprint density at radius 2 is 1.62 bits per heavy atom. The number of rotatable bonds is 9. The Kier molecular flexibility index (Phi) is 9.13. The van der Waals surface area contributed by atoms with Gasteiger partial charge < -0.3 is 13.6 Å². The summed E-state index contributed by atoms with van der Waals surface area (Å²) in [7, 11) is -4.20. The molecule has 0 radical (unpaired) electrons. The lowest BCUT2D eigenvalue weighted by molar-refractivity contribution is -0.137. The maximum absolute atomic E-state index is 13.2. The van der Waals surface area contributed by atoms with Gasteiger partial charge in [-0.3, -0.25) is 4.79 Å². The highest BCUT2D eigenvalue weighted by Crippen LogP contribution is 2.51. The monoisotopic (exact) mass is 584 g/mol. The van der Waals surface area contributed by atoms with Gasteiger partial charge in [0.05, 0.1) is 11.7 Å². The van der Waals surface area contributed by atoms with Crippen LogP contribution in [0.25, 0.3) is 0 Å². The summed E-state index contributed by atoms with van der Waals surface area (Å²) in [5.41, 5.74) is -0.744. The summed E-state index contributed by atoms with van der Waals surface area (Å²) < 4.78 is 58.9. The van der Waals surface area contributed by atoms with Gasteiger partial charge in [0, 0.05) is 18.4 Å². The number of hydrogen-bond donors (Lipinski definition) is 0. The molecule has 2 fully saturated rings. The van der Waals surface area contributed by atoms with Crippen LogP contribution in [0.15, 0.2) is 36.4 Å². The van der Waals surface area contributed by atoms with Crippen LogP contribution < -0.4 is 4.74 Å². The van der Waals surface area contributed by atoms with Crippen LogP contribution in [0.3, 0.4) is 0 Å². The van der Waals surface area contributed by atoms with Crippen molar-refractivity contribution in [2.45, 2.75) is 109 Å². The standard InChI is InChI=1S/C30H47F3O4Si2/c1-28(2,3)38(7,8)36-22(19-35-21-13-11-12-20(16-21)30(31,32)33)14-15-23-24-18-27(25(23)17-26(24)34)37-39(9,10)29(4,5)6/h11-16,22-25,27H,17-19H2,1-10H3/t22-,23+,24-,25-,27+/m1/s1. The average molecular weight is 585 g/mol. The number of allylic oxidation sites excluding steroid dienone is 1. The molecule has 0 saturated heterocycles. The molecule has 1 aromatic rings. The van der Waals surface area contributed by atoms with Gasteiger partial charge in [0.2, 0.25) is 0 Å². The molecular formula is C30H47F3O4Si2. The molecule has 2 aliphatic rings. The molecule has 1 aromatic carbocycles. The van der Waals surface area contributed by atoms with Crippen molar-refractivity contribution in [3.63, 3.8) is 0 Å². The van der Waals surface area contributed by atoms with Crippen molar-refractivity contribution < 1.29 is 31.6 Å². The predicted octanol–water partition coefficient (Wildman–Crippen LogP) is 8.65. The van der Waals surface area contributed by atoms with Crippen molar-refractivity contribution >= 4 is 22.4 Å². The third-order valence-corrected chi connectivity index (χ3v) is 18.4. The molecule has 0 N–H and O–H groups in total. The van der Waals surface area contributed by atoms with Gasteiger partial charge in [-0.1, -0.05) is 59.8 Å². The molecule has 0 spiro atoms. The van der Waals surface area contributed by atoms with E-state index >= 15 is 0 Å². The minimum absolute atomic E-state index is 0.0558. The zero-order valence-electron chi connectivity index (χ0n) is 25.2. The van der Waals surface area contributed by atoms with Crippen molar-refractivity contribution in [1.82, 2.24) is 0 Å². The maximum Gasteiger partial charge on any atom is 0.416 e. The van der Waals surface area contributed by atoms with Crippen LogP contribution in [-0.4, -0.2) is 41.2 Å². The topological polar surface area (TPSA) is 44.8 Å². The van der Waals surface area contributed by atoms with Gasteiger partial charge in [-0.05, 0) is 72.7 Å². The molecule has 39 heavy (non-hydrogen) atoms. The Morgan fingerprint density at radius 1 is 1.00 bits per heavy atom. The van der Waals surface area contributed by atoms with Gasteiger partial charge >= 0.3 is 6.18 Å². The lowest BCUT2D eigenvalue weighted by atomic mass is 9.96. The zero-order chi connectivity index (χ0) is 29.6. The first-order valence-corrected chi connectivity index (χ1v) is 19.8. The fraction of sp³-hybridized carbons (Fsp3) is 0.700. The summed E-state index contributed by atoms with van der Waals surface area (Å²) in [6, 6.07) is 4.93. The molecule has 0 aromatic heterocycles. The molecule has 4 nitrogen and oxygen atoms in total. The molecule has 0 unspecified atom stereocenters. The van der Waals surface area contributed by atoms with Gasteiger partial charge in [0.25, 0.3) is 0 Å². The first-order chi connectivity index (χ1) is 17.6. The molecule has 5 atom stereocenters. The summed E-state index contributed by atoms with van der Waals surface area (Å²) in [6.45, 7) is 22.0. The first-order valence-electron chi connectivity index (χ1n) is 14.0. The number of hydrogen-bond acceptors (Lipinski definition) is 4. The third-order valence-electron chi connectivity index (χ3n) is 9.40. The van der Waals surface area contributed by atoms with E-state index in [9.17, 15) is 18.0 Å². The zero-order valence-corrected chi connectivity index (χ0v) is 27.2. The lowest BCUT2D eigenvalue weighted by Gasteiger charge is -2.40. The normalized spacial score (nSPS) is 25.5. The highest BCUT2D eigenvalue weighted by atomic mass is 28.4. The van der Waals surface area contributed by atoms with Crippen LogP contribution >= 0.6 is 0 Å². The highest BCUT2D eigenvalue weighted by Gasteiger charge is 2.54. The van der Waals surface area contributed by atoms with Crippen LogP contribution in [0.2, 0.25) is 36.3 Å². The largest absolute Gasteiger partial charge is 0.491 e. The van der Waals surface area contributed by atoms with Crippen LogP contribution in [0.1, 0.15) is 59.9 Å². The summed E-state index contributed by atoms with van der Waals surface area (Å²) in [5, 5.41) is 0.0345. The predicted molar refractivity (Wildman–Crippen MR) is 155 cm³/mol. The maximum atomic E-state index is 13.2. The Bertz CT molecular complexity index is 1050. The van der Waals surface area contributed by atoms with E-state index in [0.29, 0.717) is 12.2 Å². The second-order valence-electron chi connectivity index (χ2n) is 14.3. The van der Waals surface area contributed by atoms with E-state index in [1.165, 1.54) is 12.1 Å².